The standard InChI is InChI=1S/C15H13F2NO5/c16-15(17)6-18(13(20)21)4-3-14(15)7-23-11-9-5-22-12(19)8(9)1-2-10(11)14/h1-2H,3-7H2,(H,20,21). The van der Waals surface area contributed by atoms with Crippen LogP contribution >= 0.6 is 0 Å². The highest BCUT2D eigenvalue weighted by Gasteiger charge is 2.62. The van der Waals surface area contributed by atoms with E-state index in [0.717, 1.165) is 4.90 Å². The van der Waals surface area contributed by atoms with Gasteiger partial charge in [0, 0.05) is 17.7 Å². The van der Waals surface area contributed by atoms with Crippen LogP contribution in [0.25, 0.3) is 0 Å². The Morgan fingerprint density at radius 1 is 1.30 bits per heavy atom. The Morgan fingerprint density at radius 2 is 2.09 bits per heavy atom. The highest BCUT2D eigenvalue weighted by Crippen LogP contribution is 2.54. The number of alkyl halides is 2. The highest BCUT2D eigenvalue weighted by molar-refractivity contribution is 5.94. The smallest absolute Gasteiger partial charge is 0.407 e. The third-order valence-corrected chi connectivity index (χ3v) is 4.98. The van der Waals surface area contributed by atoms with E-state index in [1.807, 2.05) is 0 Å². The van der Waals surface area contributed by atoms with E-state index in [0.29, 0.717) is 16.7 Å². The van der Waals surface area contributed by atoms with Gasteiger partial charge in [-0.25, -0.2) is 18.4 Å². The molecule has 1 unspecified atom stereocenters. The van der Waals surface area contributed by atoms with Gasteiger partial charge in [-0.3, -0.25) is 0 Å². The number of nitrogens with zero attached hydrogens (tertiary/aromatic N) is 1. The monoisotopic (exact) mass is 325 g/mol. The van der Waals surface area contributed by atoms with Crippen molar-refractivity contribution in [1.29, 1.82) is 0 Å². The quantitative estimate of drug-likeness (QED) is 0.739. The third-order valence-electron chi connectivity index (χ3n) is 4.98. The summed E-state index contributed by atoms with van der Waals surface area (Å²) in [4.78, 5) is 23.3. The first-order chi connectivity index (χ1) is 10.9. The van der Waals surface area contributed by atoms with Crippen molar-refractivity contribution >= 4 is 12.1 Å². The molecule has 4 rings (SSSR count). The topological polar surface area (TPSA) is 76.1 Å². The number of carboxylic acid groups (broad SMARTS) is 1. The Morgan fingerprint density at radius 3 is 2.78 bits per heavy atom. The Hall–Kier alpha value is -2.38. The molecule has 1 atom stereocenters. The van der Waals surface area contributed by atoms with Crippen LogP contribution in [0.2, 0.25) is 0 Å². The molecule has 0 saturated carbocycles. The molecule has 1 N–H and O–H groups in total. The zero-order valence-corrected chi connectivity index (χ0v) is 12.0. The molecule has 1 aromatic rings. The maximum atomic E-state index is 14.8. The molecule has 0 radical (unpaired) electrons. The molecule has 3 heterocycles. The van der Waals surface area contributed by atoms with E-state index >= 15 is 0 Å². The average molecular weight is 325 g/mol. The number of piperidine rings is 1. The van der Waals surface area contributed by atoms with E-state index in [-0.39, 0.29) is 31.9 Å². The molecule has 1 saturated heterocycles. The SMILES string of the molecule is O=C1OCc2c1ccc1c2OCC12CCN(C(=O)O)CC2(F)F. The van der Waals surface area contributed by atoms with Gasteiger partial charge in [0.05, 0.1) is 17.5 Å². The summed E-state index contributed by atoms with van der Waals surface area (Å²) < 4.78 is 40.1. The molecule has 3 aliphatic rings. The number of halogens is 2. The van der Waals surface area contributed by atoms with Gasteiger partial charge in [-0.2, -0.15) is 0 Å². The first kappa shape index (κ1) is 14.2. The summed E-state index contributed by atoms with van der Waals surface area (Å²) in [5.41, 5.74) is -0.382. The van der Waals surface area contributed by atoms with Gasteiger partial charge in [0.1, 0.15) is 19.0 Å². The molecule has 3 aliphatic heterocycles. The molecule has 1 amide bonds. The van der Waals surface area contributed by atoms with Crippen molar-refractivity contribution in [2.75, 3.05) is 19.7 Å². The van der Waals surface area contributed by atoms with Crippen LogP contribution in [-0.2, 0) is 16.8 Å². The summed E-state index contributed by atoms with van der Waals surface area (Å²) >= 11 is 0. The number of rotatable bonds is 0. The van der Waals surface area contributed by atoms with Crippen LogP contribution in [0.15, 0.2) is 12.1 Å². The normalized spacial score (nSPS) is 27.4. The fourth-order valence-electron chi connectivity index (χ4n) is 3.64. The van der Waals surface area contributed by atoms with Crippen LogP contribution in [0.1, 0.15) is 27.9 Å². The van der Waals surface area contributed by atoms with Crippen LogP contribution in [-0.4, -0.2) is 47.7 Å². The minimum Gasteiger partial charge on any atom is -0.492 e. The molecule has 6 nitrogen and oxygen atoms in total. The lowest BCUT2D eigenvalue weighted by atomic mass is 9.71. The molecule has 1 aromatic carbocycles. The predicted octanol–water partition coefficient (Wildman–Crippen LogP) is 2.01. The number of hydrogen-bond acceptors (Lipinski definition) is 4. The lowest BCUT2D eigenvalue weighted by molar-refractivity contribution is -0.127. The van der Waals surface area contributed by atoms with Gasteiger partial charge in [-0.05, 0) is 12.5 Å². The Kier molecular flexibility index (Phi) is 2.68. The van der Waals surface area contributed by atoms with Gasteiger partial charge in [0.2, 0.25) is 0 Å². The van der Waals surface area contributed by atoms with E-state index in [2.05, 4.69) is 0 Å². The minimum absolute atomic E-state index is 0.0141. The van der Waals surface area contributed by atoms with Crippen LogP contribution in [0.4, 0.5) is 13.6 Å². The lowest BCUT2D eigenvalue weighted by Crippen LogP contribution is -2.60. The van der Waals surface area contributed by atoms with Crippen molar-refractivity contribution in [2.45, 2.75) is 24.4 Å². The zero-order valence-electron chi connectivity index (χ0n) is 12.0. The number of esters is 1. The van der Waals surface area contributed by atoms with Crippen LogP contribution in [0.5, 0.6) is 5.75 Å². The number of benzene rings is 1. The number of amides is 1. The molecule has 0 aromatic heterocycles. The van der Waals surface area contributed by atoms with E-state index in [1.165, 1.54) is 12.1 Å². The summed E-state index contributed by atoms with van der Waals surface area (Å²) in [7, 11) is 0. The number of cyclic esters (lactones) is 1. The average Bonchev–Trinajstić information content (AvgIpc) is 3.05. The van der Waals surface area contributed by atoms with Gasteiger partial charge in [-0.15, -0.1) is 0 Å². The summed E-state index contributed by atoms with van der Waals surface area (Å²) in [5.74, 6) is -3.45. The maximum absolute atomic E-state index is 14.8. The Bertz CT molecular complexity index is 735. The molecule has 23 heavy (non-hydrogen) atoms. The molecule has 1 spiro atoms. The van der Waals surface area contributed by atoms with Gasteiger partial charge in [0.25, 0.3) is 5.92 Å². The fraction of sp³-hybridized carbons (Fsp3) is 0.467. The highest BCUT2D eigenvalue weighted by atomic mass is 19.3. The molecule has 0 aliphatic carbocycles. The largest absolute Gasteiger partial charge is 0.492 e. The molecular weight excluding hydrogens is 312 g/mol. The summed E-state index contributed by atoms with van der Waals surface area (Å²) in [6, 6.07) is 2.97. The van der Waals surface area contributed by atoms with Crippen molar-refractivity contribution in [3.63, 3.8) is 0 Å². The first-order valence-electron chi connectivity index (χ1n) is 7.18. The van der Waals surface area contributed by atoms with Gasteiger partial charge in [0.15, 0.2) is 0 Å². The van der Waals surface area contributed by atoms with Gasteiger partial charge < -0.3 is 19.5 Å². The zero-order chi connectivity index (χ0) is 16.4. The number of ether oxygens (including phenoxy) is 2. The Balaban J connectivity index is 1.79. The van der Waals surface area contributed by atoms with Gasteiger partial charge >= 0.3 is 12.1 Å². The number of carbonyl (C=O) groups is 2. The van der Waals surface area contributed by atoms with Crippen molar-refractivity contribution in [2.24, 2.45) is 0 Å². The second kappa shape index (κ2) is 4.33. The van der Waals surface area contributed by atoms with Crippen molar-refractivity contribution in [1.82, 2.24) is 4.90 Å². The van der Waals surface area contributed by atoms with E-state index in [4.69, 9.17) is 14.6 Å². The molecule has 8 heteroatoms. The molecule has 1 fully saturated rings. The second-order valence-corrected chi connectivity index (χ2v) is 6.07. The van der Waals surface area contributed by atoms with E-state index < -0.39 is 29.9 Å². The first-order valence-corrected chi connectivity index (χ1v) is 7.18. The molecular formula is C15H13F2NO5. The summed E-state index contributed by atoms with van der Waals surface area (Å²) in [6.45, 7) is -1.06. The number of fused-ring (bicyclic) bond motifs is 4. The van der Waals surface area contributed by atoms with E-state index in [1.54, 1.807) is 0 Å². The third kappa shape index (κ3) is 1.71. The van der Waals surface area contributed by atoms with Gasteiger partial charge in [-0.1, -0.05) is 6.07 Å². The predicted molar refractivity (Wildman–Crippen MR) is 71.9 cm³/mol. The second-order valence-electron chi connectivity index (χ2n) is 6.07. The molecule has 122 valence electrons. The number of carbonyl (C=O) groups excluding carboxylic acids is 1. The summed E-state index contributed by atoms with van der Waals surface area (Å²) in [6.07, 6.45) is -1.39. The Labute approximate surface area is 129 Å². The number of hydrogen-bond donors (Lipinski definition) is 1. The summed E-state index contributed by atoms with van der Waals surface area (Å²) in [5, 5.41) is 8.96. The lowest BCUT2D eigenvalue weighted by Gasteiger charge is -2.43. The maximum Gasteiger partial charge on any atom is 0.407 e. The fourth-order valence-corrected chi connectivity index (χ4v) is 3.64. The van der Waals surface area contributed by atoms with Crippen LogP contribution < -0.4 is 4.74 Å². The van der Waals surface area contributed by atoms with Crippen LogP contribution in [0.3, 0.4) is 0 Å². The minimum atomic E-state index is -3.26. The molecule has 0 bridgehead atoms. The van der Waals surface area contributed by atoms with Crippen molar-refractivity contribution in [3.05, 3.63) is 28.8 Å². The van der Waals surface area contributed by atoms with Crippen LogP contribution in [0, 0.1) is 0 Å². The van der Waals surface area contributed by atoms with Crippen molar-refractivity contribution in [3.8, 4) is 5.75 Å². The van der Waals surface area contributed by atoms with Crippen molar-refractivity contribution < 1.29 is 33.0 Å². The number of likely N-dealkylation sites (tertiary alicyclic amines) is 1. The van der Waals surface area contributed by atoms with E-state index in [9.17, 15) is 18.4 Å².